The van der Waals surface area contributed by atoms with Crippen LogP contribution in [-0.4, -0.2) is 39.7 Å². The molecule has 0 unspecified atom stereocenters. The Morgan fingerprint density at radius 1 is 1.22 bits per heavy atom. The standard InChI is InChI=1S/C20H21ClN4O2/c1-13(14-8-10-17(21)11-9-14)24(2)19(26)16-7-5-6-15(12-16)18-22-20(27-4)25(3)23-18/h5-13H,1-4H3/t13-/m1/s1. The fraction of sp³-hybridized carbons (Fsp3) is 0.250. The maximum atomic E-state index is 13.0. The van der Waals surface area contributed by atoms with Crippen molar-refractivity contribution in [3.8, 4) is 17.4 Å². The number of hydrogen-bond acceptors (Lipinski definition) is 4. The molecular weight excluding hydrogens is 364 g/mol. The minimum Gasteiger partial charge on any atom is -0.467 e. The Bertz CT molecular complexity index is 953. The summed E-state index contributed by atoms with van der Waals surface area (Å²) >= 11 is 5.95. The summed E-state index contributed by atoms with van der Waals surface area (Å²) in [6.45, 7) is 1.98. The lowest BCUT2D eigenvalue weighted by atomic mass is 10.1. The van der Waals surface area contributed by atoms with Gasteiger partial charge < -0.3 is 9.64 Å². The molecule has 3 aromatic rings. The van der Waals surface area contributed by atoms with Crippen molar-refractivity contribution in [3.05, 3.63) is 64.7 Å². The molecule has 1 atom stereocenters. The van der Waals surface area contributed by atoms with Gasteiger partial charge in [0.1, 0.15) is 0 Å². The molecule has 3 rings (SSSR count). The maximum Gasteiger partial charge on any atom is 0.314 e. The first-order chi connectivity index (χ1) is 12.9. The van der Waals surface area contributed by atoms with Crippen molar-refractivity contribution in [2.45, 2.75) is 13.0 Å². The van der Waals surface area contributed by atoms with Crippen LogP contribution in [0.5, 0.6) is 6.01 Å². The van der Waals surface area contributed by atoms with Gasteiger partial charge in [-0.3, -0.25) is 4.79 Å². The number of nitrogens with zero attached hydrogens (tertiary/aromatic N) is 4. The van der Waals surface area contributed by atoms with Crippen LogP contribution in [0.3, 0.4) is 0 Å². The van der Waals surface area contributed by atoms with E-state index in [-0.39, 0.29) is 11.9 Å². The van der Waals surface area contributed by atoms with Crippen molar-refractivity contribution in [2.75, 3.05) is 14.2 Å². The van der Waals surface area contributed by atoms with Gasteiger partial charge in [-0.2, -0.15) is 4.98 Å². The predicted octanol–water partition coefficient (Wildman–Crippen LogP) is 3.98. The van der Waals surface area contributed by atoms with Gasteiger partial charge >= 0.3 is 6.01 Å². The molecule has 6 nitrogen and oxygen atoms in total. The zero-order chi connectivity index (χ0) is 19.6. The Morgan fingerprint density at radius 3 is 2.56 bits per heavy atom. The van der Waals surface area contributed by atoms with Crippen LogP contribution in [0, 0.1) is 0 Å². The number of rotatable bonds is 5. The molecule has 1 aromatic heterocycles. The van der Waals surface area contributed by atoms with E-state index in [4.69, 9.17) is 16.3 Å². The average Bonchev–Trinajstić information content (AvgIpc) is 3.07. The lowest BCUT2D eigenvalue weighted by molar-refractivity contribution is 0.0742. The van der Waals surface area contributed by atoms with Gasteiger partial charge in [-0.05, 0) is 36.8 Å². The molecule has 0 fully saturated rings. The number of ether oxygens (including phenoxy) is 1. The van der Waals surface area contributed by atoms with Crippen molar-refractivity contribution >= 4 is 17.5 Å². The van der Waals surface area contributed by atoms with Gasteiger partial charge in [-0.25, -0.2) is 4.68 Å². The monoisotopic (exact) mass is 384 g/mol. The molecule has 0 radical (unpaired) electrons. The number of aryl methyl sites for hydroxylation is 1. The average molecular weight is 385 g/mol. The molecule has 0 aliphatic heterocycles. The summed E-state index contributed by atoms with van der Waals surface area (Å²) in [4.78, 5) is 19.0. The second-order valence-electron chi connectivity index (χ2n) is 6.27. The Morgan fingerprint density at radius 2 is 1.93 bits per heavy atom. The van der Waals surface area contributed by atoms with Crippen molar-refractivity contribution in [3.63, 3.8) is 0 Å². The largest absolute Gasteiger partial charge is 0.467 e. The molecule has 140 valence electrons. The summed E-state index contributed by atoms with van der Waals surface area (Å²) in [5, 5.41) is 5.00. The molecule has 1 heterocycles. The summed E-state index contributed by atoms with van der Waals surface area (Å²) < 4.78 is 6.71. The number of carbonyl (C=O) groups excluding carboxylic acids is 1. The molecule has 0 bridgehead atoms. The molecule has 1 amide bonds. The van der Waals surface area contributed by atoms with Gasteiger partial charge in [-0.1, -0.05) is 35.9 Å². The van der Waals surface area contributed by atoms with Crippen LogP contribution in [0.4, 0.5) is 0 Å². The quantitative estimate of drug-likeness (QED) is 0.667. The van der Waals surface area contributed by atoms with Crippen molar-refractivity contribution < 1.29 is 9.53 Å². The SMILES string of the molecule is COc1nc(-c2cccc(C(=O)N(C)[C@H](C)c3ccc(Cl)cc3)c2)nn1C. The molecule has 0 saturated heterocycles. The van der Waals surface area contributed by atoms with Crippen LogP contribution in [-0.2, 0) is 7.05 Å². The van der Waals surface area contributed by atoms with Gasteiger partial charge in [-0.15, -0.1) is 5.10 Å². The van der Waals surface area contributed by atoms with Gasteiger partial charge in [0, 0.05) is 30.2 Å². The third-order valence-electron chi connectivity index (χ3n) is 4.53. The number of aromatic nitrogens is 3. The first-order valence-electron chi connectivity index (χ1n) is 8.48. The maximum absolute atomic E-state index is 13.0. The van der Waals surface area contributed by atoms with Crippen molar-refractivity contribution in [1.29, 1.82) is 0 Å². The Labute approximate surface area is 163 Å². The summed E-state index contributed by atoms with van der Waals surface area (Å²) in [7, 11) is 5.09. The number of methoxy groups -OCH3 is 1. The number of halogens is 1. The van der Waals surface area contributed by atoms with Crippen LogP contribution < -0.4 is 4.74 Å². The van der Waals surface area contributed by atoms with E-state index in [0.717, 1.165) is 11.1 Å². The van der Waals surface area contributed by atoms with Gasteiger partial charge in [0.05, 0.1) is 13.2 Å². The van der Waals surface area contributed by atoms with Crippen molar-refractivity contribution in [2.24, 2.45) is 7.05 Å². The van der Waals surface area contributed by atoms with Crippen LogP contribution in [0.2, 0.25) is 5.02 Å². The van der Waals surface area contributed by atoms with Crippen LogP contribution >= 0.6 is 11.6 Å². The predicted molar refractivity (Wildman–Crippen MR) is 105 cm³/mol. The fourth-order valence-electron chi connectivity index (χ4n) is 2.81. The molecule has 2 aromatic carbocycles. The Balaban J connectivity index is 1.85. The lowest BCUT2D eigenvalue weighted by Crippen LogP contribution is -2.29. The topological polar surface area (TPSA) is 60.2 Å². The van der Waals surface area contributed by atoms with Crippen LogP contribution in [0.25, 0.3) is 11.4 Å². The molecule has 0 N–H and O–H groups in total. The Kier molecular flexibility index (Phi) is 5.46. The highest BCUT2D eigenvalue weighted by Crippen LogP contribution is 2.24. The van der Waals surface area contributed by atoms with Gasteiger partial charge in [0.25, 0.3) is 5.91 Å². The number of carbonyl (C=O) groups is 1. The third-order valence-corrected chi connectivity index (χ3v) is 4.78. The van der Waals surface area contributed by atoms with E-state index in [2.05, 4.69) is 10.1 Å². The van der Waals surface area contributed by atoms with Gasteiger partial charge in [0.2, 0.25) is 0 Å². The lowest BCUT2D eigenvalue weighted by Gasteiger charge is -2.25. The second kappa shape index (κ2) is 7.80. The van der Waals surface area contributed by atoms with E-state index >= 15 is 0 Å². The van der Waals surface area contributed by atoms with Crippen molar-refractivity contribution in [1.82, 2.24) is 19.7 Å². The molecule has 27 heavy (non-hydrogen) atoms. The minimum absolute atomic E-state index is 0.0813. The van der Waals surface area contributed by atoms with Crippen LogP contribution in [0.1, 0.15) is 28.9 Å². The first-order valence-corrected chi connectivity index (χ1v) is 8.86. The molecule has 0 saturated carbocycles. The zero-order valence-electron chi connectivity index (χ0n) is 15.7. The molecule has 0 aliphatic rings. The van der Waals surface area contributed by atoms with E-state index in [1.165, 1.54) is 0 Å². The minimum atomic E-state index is -0.0912. The van der Waals surface area contributed by atoms with E-state index in [1.807, 2.05) is 43.3 Å². The second-order valence-corrected chi connectivity index (χ2v) is 6.71. The first kappa shape index (κ1) is 18.9. The highest BCUT2D eigenvalue weighted by atomic mass is 35.5. The number of hydrogen-bond donors (Lipinski definition) is 0. The number of amides is 1. The molecular formula is C20H21ClN4O2. The van der Waals surface area contributed by atoms with Gasteiger partial charge in [0.15, 0.2) is 5.82 Å². The van der Waals surface area contributed by atoms with E-state index < -0.39 is 0 Å². The molecule has 0 aliphatic carbocycles. The molecule has 7 heteroatoms. The summed E-state index contributed by atoms with van der Waals surface area (Å²) in [6.07, 6.45) is 0. The van der Waals surface area contributed by atoms with Crippen LogP contribution in [0.15, 0.2) is 48.5 Å². The summed E-state index contributed by atoms with van der Waals surface area (Å²) in [6, 6.07) is 15.1. The Hall–Kier alpha value is -2.86. The summed E-state index contributed by atoms with van der Waals surface area (Å²) in [5.41, 5.74) is 2.34. The van der Waals surface area contributed by atoms with E-state index in [9.17, 15) is 4.79 Å². The van der Waals surface area contributed by atoms with E-state index in [0.29, 0.717) is 22.4 Å². The highest BCUT2D eigenvalue weighted by Gasteiger charge is 2.20. The highest BCUT2D eigenvalue weighted by molar-refractivity contribution is 6.30. The normalized spacial score (nSPS) is 11.9. The summed E-state index contributed by atoms with van der Waals surface area (Å²) in [5.74, 6) is 0.430. The molecule has 0 spiro atoms. The van der Waals surface area contributed by atoms with E-state index in [1.54, 1.807) is 42.9 Å². The third kappa shape index (κ3) is 3.95. The fourth-order valence-corrected chi connectivity index (χ4v) is 2.93. The smallest absolute Gasteiger partial charge is 0.314 e. The number of benzene rings is 2. The zero-order valence-corrected chi connectivity index (χ0v) is 16.4.